The second kappa shape index (κ2) is 5.71. The Bertz CT molecular complexity index is 434. The molecular formula is C13H19N3O2. The van der Waals surface area contributed by atoms with Gasteiger partial charge in [0.15, 0.2) is 0 Å². The van der Waals surface area contributed by atoms with E-state index in [-0.39, 0.29) is 5.97 Å². The highest BCUT2D eigenvalue weighted by Crippen LogP contribution is 2.26. The zero-order chi connectivity index (χ0) is 13.0. The van der Waals surface area contributed by atoms with E-state index < -0.39 is 0 Å². The molecule has 1 aromatic heterocycles. The molecule has 3 N–H and O–H groups in total. The van der Waals surface area contributed by atoms with Crippen LogP contribution in [0.25, 0.3) is 0 Å². The molecule has 1 aliphatic rings. The molecule has 98 valence electrons. The average molecular weight is 249 g/mol. The zero-order valence-corrected chi connectivity index (χ0v) is 10.6. The number of nitrogens with one attached hydrogen (secondary N) is 1. The number of hydrogen-bond donors (Lipinski definition) is 2. The molecule has 0 saturated heterocycles. The predicted octanol–water partition coefficient (Wildman–Crippen LogP) is 1.59. The van der Waals surface area contributed by atoms with Crippen molar-refractivity contribution in [1.82, 2.24) is 4.98 Å². The summed E-state index contributed by atoms with van der Waals surface area (Å²) in [6.07, 6.45) is 3.87. The fourth-order valence-corrected chi connectivity index (χ4v) is 2.18. The highest BCUT2D eigenvalue weighted by molar-refractivity contribution is 5.69. The number of carbonyl (C=O) groups is 1. The minimum atomic E-state index is -0.117. The van der Waals surface area contributed by atoms with Gasteiger partial charge in [0, 0.05) is 13.0 Å². The van der Waals surface area contributed by atoms with E-state index in [0.717, 1.165) is 30.8 Å². The van der Waals surface area contributed by atoms with Crippen molar-refractivity contribution in [3.05, 3.63) is 18.0 Å². The summed E-state index contributed by atoms with van der Waals surface area (Å²) >= 11 is 0. The number of hydrogen-bond acceptors (Lipinski definition) is 5. The number of nitrogen functional groups attached to an aromatic ring is 1. The molecule has 0 radical (unpaired) electrons. The largest absolute Gasteiger partial charge is 0.466 e. The van der Waals surface area contributed by atoms with E-state index >= 15 is 0 Å². The molecule has 5 heteroatoms. The van der Waals surface area contributed by atoms with Gasteiger partial charge in [-0.2, -0.15) is 0 Å². The summed E-state index contributed by atoms with van der Waals surface area (Å²) in [5.74, 6) is 0.312. The van der Waals surface area contributed by atoms with Gasteiger partial charge in [-0.05, 0) is 31.7 Å². The Morgan fingerprint density at radius 3 is 3.28 bits per heavy atom. The van der Waals surface area contributed by atoms with E-state index in [1.807, 2.05) is 13.0 Å². The van der Waals surface area contributed by atoms with Gasteiger partial charge in [0.1, 0.15) is 0 Å². The molecule has 0 aromatic carbocycles. The van der Waals surface area contributed by atoms with Crippen LogP contribution in [0.15, 0.2) is 12.3 Å². The molecule has 1 atom stereocenters. The van der Waals surface area contributed by atoms with Crippen molar-refractivity contribution in [2.75, 3.05) is 24.2 Å². The minimum absolute atomic E-state index is 0.117. The van der Waals surface area contributed by atoms with Gasteiger partial charge < -0.3 is 15.8 Å². The molecule has 2 rings (SSSR count). The molecule has 1 aromatic rings. The maximum atomic E-state index is 11.3. The van der Waals surface area contributed by atoms with Crippen LogP contribution in [0.3, 0.4) is 0 Å². The van der Waals surface area contributed by atoms with E-state index in [9.17, 15) is 4.79 Å². The lowest BCUT2D eigenvalue weighted by Gasteiger charge is -2.25. The lowest BCUT2D eigenvalue weighted by atomic mass is 9.93. The first-order chi connectivity index (χ1) is 8.69. The van der Waals surface area contributed by atoms with E-state index in [1.165, 1.54) is 0 Å². The Morgan fingerprint density at radius 1 is 1.67 bits per heavy atom. The molecule has 0 amide bonds. The predicted molar refractivity (Wildman–Crippen MR) is 70.2 cm³/mol. The van der Waals surface area contributed by atoms with Crippen molar-refractivity contribution in [2.45, 2.75) is 26.2 Å². The molecule has 0 unspecified atom stereocenters. The Kier molecular flexibility index (Phi) is 4.02. The van der Waals surface area contributed by atoms with Gasteiger partial charge in [0.25, 0.3) is 0 Å². The maximum Gasteiger partial charge on any atom is 0.305 e. The summed E-state index contributed by atoms with van der Waals surface area (Å²) in [5.41, 5.74) is 8.40. The van der Waals surface area contributed by atoms with E-state index in [1.54, 1.807) is 6.20 Å². The second-order valence-corrected chi connectivity index (χ2v) is 4.56. The number of rotatable bonds is 4. The fourth-order valence-electron chi connectivity index (χ4n) is 2.18. The molecule has 0 bridgehead atoms. The minimum Gasteiger partial charge on any atom is -0.466 e. The van der Waals surface area contributed by atoms with Crippen LogP contribution >= 0.6 is 0 Å². The van der Waals surface area contributed by atoms with Gasteiger partial charge in [-0.15, -0.1) is 0 Å². The number of anilines is 2. The Balaban J connectivity index is 1.88. The number of ether oxygens (including phenoxy) is 1. The molecule has 5 nitrogen and oxygen atoms in total. The Labute approximate surface area is 107 Å². The summed E-state index contributed by atoms with van der Waals surface area (Å²) in [5, 5.41) is 3.31. The molecular weight excluding hydrogens is 230 g/mol. The van der Waals surface area contributed by atoms with E-state index in [4.69, 9.17) is 10.5 Å². The topological polar surface area (TPSA) is 77.2 Å². The van der Waals surface area contributed by atoms with E-state index in [2.05, 4.69) is 10.3 Å². The summed E-state index contributed by atoms with van der Waals surface area (Å²) in [6, 6.07) is 1.91. The van der Waals surface area contributed by atoms with Crippen molar-refractivity contribution < 1.29 is 9.53 Å². The van der Waals surface area contributed by atoms with Crippen molar-refractivity contribution in [2.24, 2.45) is 5.92 Å². The molecule has 0 aliphatic carbocycles. The number of aromatic nitrogens is 1. The van der Waals surface area contributed by atoms with E-state index in [0.29, 0.717) is 24.6 Å². The third-order valence-corrected chi connectivity index (χ3v) is 3.12. The summed E-state index contributed by atoms with van der Waals surface area (Å²) in [7, 11) is 0. The van der Waals surface area contributed by atoms with Gasteiger partial charge in [-0.3, -0.25) is 9.78 Å². The summed E-state index contributed by atoms with van der Waals surface area (Å²) < 4.78 is 4.93. The molecule has 18 heavy (non-hydrogen) atoms. The van der Waals surface area contributed by atoms with Crippen LogP contribution in [0.2, 0.25) is 0 Å². The van der Waals surface area contributed by atoms with Crippen molar-refractivity contribution >= 4 is 17.3 Å². The van der Waals surface area contributed by atoms with Gasteiger partial charge >= 0.3 is 5.97 Å². The highest BCUT2D eigenvalue weighted by Gasteiger charge is 2.20. The third kappa shape index (κ3) is 3.12. The summed E-state index contributed by atoms with van der Waals surface area (Å²) in [4.78, 5) is 15.6. The maximum absolute atomic E-state index is 11.3. The molecule has 2 heterocycles. The lowest BCUT2D eigenvalue weighted by molar-refractivity contribution is -0.143. The Morgan fingerprint density at radius 2 is 2.50 bits per heavy atom. The number of esters is 1. The SMILES string of the molecule is CCOC(=O)CC[C@H]1CNc2cc(N)cnc2C1. The number of carbonyl (C=O) groups excluding carboxylic acids is 1. The van der Waals surface area contributed by atoms with Crippen LogP contribution in [-0.2, 0) is 16.0 Å². The van der Waals surface area contributed by atoms with Crippen LogP contribution in [0.4, 0.5) is 11.4 Å². The number of nitrogens with zero attached hydrogens (tertiary/aromatic N) is 1. The highest BCUT2D eigenvalue weighted by atomic mass is 16.5. The average Bonchev–Trinajstić information content (AvgIpc) is 2.36. The first-order valence-electron chi connectivity index (χ1n) is 6.33. The smallest absolute Gasteiger partial charge is 0.305 e. The van der Waals surface area contributed by atoms with Gasteiger partial charge in [0.05, 0.1) is 29.9 Å². The van der Waals surface area contributed by atoms with Gasteiger partial charge in [-0.1, -0.05) is 0 Å². The van der Waals surface area contributed by atoms with Crippen LogP contribution < -0.4 is 11.1 Å². The van der Waals surface area contributed by atoms with Gasteiger partial charge in [0.2, 0.25) is 0 Å². The van der Waals surface area contributed by atoms with Crippen LogP contribution in [0.1, 0.15) is 25.5 Å². The Hall–Kier alpha value is -1.78. The standard InChI is InChI=1S/C13H19N3O2/c1-2-18-13(17)4-3-9-5-11-12(15-7-9)6-10(14)8-16-11/h6,8-9,15H,2-5,7,14H2,1H3/t9-/m1/s1. The second-order valence-electron chi connectivity index (χ2n) is 4.56. The number of pyridine rings is 1. The van der Waals surface area contributed by atoms with Crippen molar-refractivity contribution in [3.8, 4) is 0 Å². The normalized spacial score (nSPS) is 17.7. The summed E-state index contributed by atoms with van der Waals surface area (Å²) in [6.45, 7) is 3.13. The number of fused-ring (bicyclic) bond motifs is 1. The molecule has 0 spiro atoms. The molecule has 1 aliphatic heterocycles. The monoisotopic (exact) mass is 249 g/mol. The fraction of sp³-hybridized carbons (Fsp3) is 0.538. The first kappa shape index (κ1) is 12.7. The number of nitrogens with two attached hydrogens (primary N) is 1. The third-order valence-electron chi connectivity index (χ3n) is 3.12. The quantitative estimate of drug-likeness (QED) is 0.792. The van der Waals surface area contributed by atoms with Crippen LogP contribution in [-0.4, -0.2) is 24.1 Å². The molecule has 0 fully saturated rings. The molecule has 0 saturated carbocycles. The first-order valence-corrected chi connectivity index (χ1v) is 6.33. The van der Waals surface area contributed by atoms with Crippen LogP contribution in [0.5, 0.6) is 0 Å². The zero-order valence-electron chi connectivity index (χ0n) is 10.6. The van der Waals surface area contributed by atoms with Gasteiger partial charge in [-0.25, -0.2) is 0 Å². The van der Waals surface area contributed by atoms with Crippen molar-refractivity contribution in [1.29, 1.82) is 0 Å². The van der Waals surface area contributed by atoms with Crippen LogP contribution in [0, 0.1) is 5.92 Å². The van der Waals surface area contributed by atoms with Crippen molar-refractivity contribution in [3.63, 3.8) is 0 Å². The lowest BCUT2D eigenvalue weighted by Crippen LogP contribution is -2.25.